The van der Waals surface area contributed by atoms with E-state index >= 15 is 0 Å². The van der Waals surface area contributed by atoms with Crippen LogP contribution < -0.4 is 0 Å². The molecule has 1 fully saturated rings. The van der Waals surface area contributed by atoms with Crippen molar-refractivity contribution in [3.05, 3.63) is 53.7 Å². The van der Waals surface area contributed by atoms with Gasteiger partial charge in [-0.3, -0.25) is 4.90 Å². The molecule has 0 N–H and O–H groups in total. The predicted octanol–water partition coefficient (Wildman–Crippen LogP) is 2.23. The first-order valence-corrected chi connectivity index (χ1v) is 8.92. The van der Waals surface area contributed by atoms with Crippen molar-refractivity contribution >= 4 is 10.0 Å². The largest absolute Gasteiger partial charge is 0.465 e. The zero-order valence-corrected chi connectivity index (χ0v) is 13.7. The second-order valence-corrected chi connectivity index (χ2v) is 7.59. The number of piperazine rings is 1. The van der Waals surface area contributed by atoms with Crippen LogP contribution in [0.5, 0.6) is 0 Å². The maximum Gasteiger partial charge on any atom is 0.243 e. The molecule has 1 aliphatic heterocycles. The van der Waals surface area contributed by atoms with Crippen molar-refractivity contribution in [1.29, 1.82) is 0 Å². The van der Waals surface area contributed by atoms with E-state index in [0.29, 0.717) is 32.7 Å². The molecule has 2 aromatic rings. The standard InChI is InChI=1S/C16H19FN2O3S/c1-13-5-6-15(22-13)12-18-7-9-19(10-8-18)23(20,21)16-4-2-3-14(17)11-16/h2-6,11H,7-10,12H2,1H3. The Kier molecular flexibility index (Phi) is 4.52. The number of rotatable bonds is 4. The maximum atomic E-state index is 13.3. The molecule has 0 spiro atoms. The van der Waals surface area contributed by atoms with Gasteiger partial charge in [0.05, 0.1) is 11.4 Å². The van der Waals surface area contributed by atoms with Crippen LogP contribution in [0.3, 0.4) is 0 Å². The minimum absolute atomic E-state index is 0.00705. The summed E-state index contributed by atoms with van der Waals surface area (Å²) in [7, 11) is -3.63. The molecule has 7 heteroatoms. The van der Waals surface area contributed by atoms with Crippen LogP contribution in [0.15, 0.2) is 45.7 Å². The molecule has 0 amide bonds. The monoisotopic (exact) mass is 338 g/mol. The number of aryl methyl sites for hydroxylation is 1. The molecule has 0 radical (unpaired) electrons. The van der Waals surface area contributed by atoms with E-state index in [2.05, 4.69) is 4.90 Å². The summed E-state index contributed by atoms with van der Waals surface area (Å²) in [6.45, 7) is 4.58. The average Bonchev–Trinajstić information content (AvgIpc) is 2.93. The van der Waals surface area contributed by atoms with Gasteiger partial charge in [0.25, 0.3) is 0 Å². The molecule has 1 saturated heterocycles. The highest BCUT2D eigenvalue weighted by Gasteiger charge is 2.28. The van der Waals surface area contributed by atoms with Gasteiger partial charge in [-0.25, -0.2) is 12.8 Å². The second-order valence-electron chi connectivity index (χ2n) is 5.65. The zero-order valence-electron chi connectivity index (χ0n) is 12.9. The van der Waals surface area contributed by atoms with Gasteiger partial charge in [0.2, 0.25) is 10.0 Å². The summed E-state index contributed by atoms with van der Waals surface area (Å²) >= 11 is 0. The molecule has 0 saturated carbocycles. The summed E-state index contributed by atoms with van der Waals surface area (Å²) in [6, 6.07) is 8.99. The van der Waals surface area contributed by atoms with Crippen LogP contribution in [0, 0.1) is 12.7 Å². The summed E-state index contributed by atoms with van der Waals surface area (Å²) < 4.78 is 45.3. The molecule has 23 heavy (non-hydrogen) atoms. The first-order valence-electron chi connectivity index (χ1n) is 7.48. The Morgan fingerprint density at radius 3 is 2.48 bits per heavy atom. The fourth-order valence-corrected chi connectivity index (χ4v) is 4.15. The number of sulfonamides is 1. The first kappa shape index (κ1) is 16.2. The van der Waals surface area contributed by atoms with Crippen molar-refractivity contribution in [3.8, 4) is 0 Å². The molecular weight excluding hydrogens is 319 g/mol. The van der Waals surface area contributed by atoms with E-state index in [1.54, 1.807) is 0 Å². The van der Waals surface area contributed by atoms with E-state index in [1.165, 1.54) is 22.5 Å². The molecule has 0 unspecified atom stereocenters. The topological polar surface area (TPSA) is 53.8 Å². The third-order valence-corrected chi connectivity index (χ3v) is 5.84. The van der Waals surface area contributed by atoms with Gasteiger partial charge >= 0.3 is 0 Å². The van der Waals surface area contributed by atoms with Crippen molar-refractivity contribution < 1.29 is 17.2 Å². The van der Waals surface area contributed by atoms with Gasteiger partial charge in [-0.15, -0.1) is 0 Å². The highest BCUT2D eigenvalue weighted by Crippen LogP contribution is 2.19. The second kappa shape index (κ2) is 6.43. The molecule has 124 valence electrons. The van der Waals surface area contributed by atoms with E-state index in [4.69, 9.17) is 4.42 Å². The average molecular weight is 338 g/mol. The first-order chi connectivity index (χ1) is 10.9. The van der Waals surface area contributed by atoms with Gasteiger partial charge in [-0.2, -0.15) is 4.31 Å². The molecule has 0 atom stereocenters. The minimum atomic E-state index is -3.63. The van der Waals surface area contributed by atoms with E-state index in [9.17, 15) is 12.8 Å². The van der Waals surface area contributed by atoms with Gasteiger partial charge < -0.3 is 4.42 Å². The van der Waals surface area contributed by atoms with E-state index < -0.39 is 15.8 Å². The molecular formula is C16H19FN2O3S. The number of halogens is 1. The summed E-state index contributed by atoms with van der Waals surface area (Å²) in [6.07, 6.45) is 0. The lowest BCUT2D eigenvalue weighted by atomic mass is 10.3. The molecule has 2 heterocycles. The molecule has 3 rings (SSSR count). The minimum Gasteiger partial charge on any atom is -0.465 e. The van der Waals surface area contributed by atoms with E-state index in [0.717, 1.165) is 17.6 Å². The van der Waals surface area contributed by atoms with Crippen LogP contribution in [0.25, 0.3) is 0 Å². The van der Waals surface area contributed by atoms with Crippen molar-refractivity contribution in [2.45, 2.75) is 18.4 Å². The summed E-state index contributed by atoms with van der Waals surface area (Å²) in [5.41, 5.74) is 0. The number of hydrogen-bond acceptors (Lipinski definition) is 4. The van der Waals surface area contributed by atoms with Gasteiger partial charge in [-0.1, -0.05) is 6.07 Å². The van der Waals surface area contributed by atoms with Crippen LogP contribution >= 0.6 is 0 Å². The summed E-state index contributed by atoms with van der Waals surface area (Å²) in [5.74, 6) is 1.20. The van der Waals surface area contributed by atoms with Crippen LogP contribution in [-0.4, -0.2) is 43.8 Å². The number of benzene rings is 1. The molecule has 0 aliphatic carbocycles. The van der Waals surface area contributed by atoms with Crippen LogP contribution in [0.4, 0.5) is 4.39 Å². The molecule has 1 aliphatic rings. The van der Waals surface area contributed by atoms with E-state index in [1.807, 2.05) is 19.1 Å². The zero-order chi connectivity index (χ0) is 16.4. The third-order valence-electron chi connectivity index (χ3n) is 3.94. The molecule has 5 nitrogen and oxygen atoms in total. The van der Waals surface area contributed by atoms with Crippen molar-refractivity contribution in [2.75, 3.05) is 26.2 Å². The Morgan fingerprint density at radius 1 is 1.13 bits per heavy atom. The fourth-order valence-electron chi connectivity index (χ4n) is 2.70. The van der Waals surface area contributed by atoms with Crippen LogP contribution in [0.2, 0.25) is 0 Å². The highest BCUT2D eigenvalue weighted by molar-refractivity contribution is 7.89. The lowest BCUT2D eigenvalue weighted by Gasteiger charge is -2.33. The quantitative estimate of drug-likeness (QED) is 0.858. The Balaban J connectivity index is 1.64. The Morgan fingerprint density at radius 2 is 1.87 bits per heavy atom. The third kappa shape index (κ3) is 3.63. The molecule has 1 aromatic carbocycles. The van der Waals surface area contributed by atoms with Gasteiger partial charge in [0, 0.05) is 26.2 Å². The lowest BCUT2D eigenvalue weighted by molar-refractivity contribution is 0.170. The lowest BCUT2D eigenvalue weighted by Crippen LogP contribution is -2.48. The summed E-state index contributed by atoms with van der Waals surface area (Å²) in [4.78, 5) is 2.16. The maximum absolute atomic E-state index is 13.3. The Hall–Kier alpha value is -1.70. The smallest absolute Gasteiger partial charge is 0.243 e. The Labute approximate surface area is 135 Å². The van der Waals surface area contributed by atoms with Gasteiger partial charge in [0.1, 0.15) is 17.3 Å². The fraction of sp³-hybridized carbons (Fsp3) is 0.375. The SMILES string of the molecule is Cc1ccc(CN2CCN(S(=O)(=O)c3cccc(F)c3)CC2)o1. The highest BCUT2D eigenvalue weighted by atomic mass is 32.2. The van der Waals surface area contributed by atoms with Crippen molar-refractivity contribution in [3.63, 3.8) is 0 Å². The molecule has 0 bridgehead atoms. The van der Waals surface area contributed by atoms with Crippen molar-refractivity contribution in [2.24, 2.45) is 0 Å². The van der Waals surface area contributed by atoms with Gasteiger partial charge in [0.15, 0.2) is 0 Å². The number of nitrogens with zero attached hydrogens (tertiary/aromatic N) is 2. The summed E-state index contributed by atoms with van der Waals surface area (Å²) in [5, 5.41) is 0. The number of hydrogen-bond donors (Lipinski definition) is 0. The normalized spacial score (nSPS) is 17.5. The predicted molar refractivity (Wildman–Crippen MR) is 83.9 cm³/mol. The number of furan rings is 1. The molecule has 1 aromatic heterocycles. The van der Waals surface area contributed by atoms with Crippen molar-refractivity contribution in [1.82, 2.24) is 9.21 Å². The Bertz CT molecular complexity index is 780. The van der Waals surface area contributed by atoms with Crippen LogP contribution in [0.1, 0.15) is 11.5 Å². The van der Waals surface area contributed by atoms with Gasteiger partial charge in [-0.05, 0) is 37.3 Å². The van der Waals surface area contributed by atoms with E-state index in [-0.39, 0.29) is 4.90 Å². The van der Waals surface area contributed by atoms with Crippen LogP contribution in [-0.2, 0) is 16.6 Å².